The molecule has 0 unspecified atom stereocenters. The van der Waals surface area contributed by atoms with Crippen LogP contribution in [-0.4, -0.2) is 5.78 Å². The number of carbonyl (C=O) groups excluding carboxylic acids is 1. The largest absolute Gasteiger partial charge is 0.397 e. The van der Waals surface area contributed by atoms with Gasteiger partial charge in [0.1, 0.15) is 11.6 Å². The van der Waals surface area contributed by atoms with Crippen molar-refractivity contribution in [1.82, 2.24) is 0 Å². The van der Waals surface area contributed by atoms with Gasteiger partial charge in [-0.15, -0.1) is 0 Å². The van der Waals surface area contributed by atoms with Crippen LogP contribution in [0.2, 0.25) is 5.02 Å². The zero-order valence-electron chi connectivity index (χ0n) is 9.08. The number of benzene rings is 2. The molecule has 0 aromatic heterocycles. The number of nitrogen functional groups attached to an aromatic ring is 1. The lowest BCUT2D eigenvalue weighted by atomic mass is 10.0. The number of hydrogen-bond acceptors (Lipinski definition) is 2. The normalized spacial score (nSPS) is 10.4. The van der Waals surface area contributed by atoms with Crippen LogP contribution in [0.4, 0.5) is 14.5 Å². The van der Waals surface area contributed by atoms with Gasteiger partial charge in [-0.2, -0.15) is 0 Å². The Kier molecular flexibility index (Phi) is 3.30. The van der Waals surface area contributed by atoms with E-state index in [-0.39, 0.29) is 21.8 Å². The lowest BCUT2D eigenvalue weighted by Crippen LogP contribution is -2.08. The average molecular weight is 268 g/mol. The van der Waals surface area contributed by atoms with E-state index < -0.39 is 17.4 Å². The van der Waals surface area contributed by atoms with Gasteiger partial charge in [-0.1, -0.05) is 17.7 Å². The SMILES string of the molecule is Nc1c(Cl)cccc1C(=O)c1cc(F)ccc1F. The molecule has 0 amide bonds. The van der Waals surface area contributed by atoms with Crippen LogP contribution in [0.1, 0.15) is 15.9 Å². The maximum Gasteiger partial charge on any atom is 0.198 e. The van der Waals surface area contributed by atoms with E-state index in [2.05, 4.69) is 0 Å². The van der Waals surface area contributed by atoms with Crippen molar-refractivity contribution in [3.8, 4) is 0 Å². The highest BCUT2D eigenvalue weighted by molar-refractivity contribution is 6.34. The van der Waals surface area contributed by atoms with Crippen LogP contribution in [0.15, 0.2) is 36.4 Å². The van der Waals surface area contributed by atoms with Crippen molar-refractivity contribution in [3.63, 3.8) is 0 Å². The molecule has 5 heteroatoms. The number of para-hydroxylation sites is 1. The van der Waals surface area contributed by atoms with Crippen LogP contribution in [0, 0.1) is 11.6 Å². The molecule has 0 atom stereocenters. The van der Waals surface area contributed by atoms with Crippen LogP contribution in [0.25, 0.3) is 0 Å². The van der Waals surface area contributed by atoms with E-state index in [4.69, 9.17) is 17.3 Å². The van der Waals surface area contributed by atoms with Crippen LogP contribution < -0.4 is 5.73 Å². The van der Waals surface area contributed by atoms with Gasteiger partial charge in [0.05, 0.1) is 16.3 Å². The number of ketones is 1. The average Bonchev–Trinajstić information content (AvgIpc) is 2.35. The molecule has 0 saturated carbocycles. The Bertz CT molecular complexity index is 624. The Morgan fingerprint density at radius 3 is 2.56 bits per heavy atom. The maximum atomic E-state index is 13.5. The van der Waals surface area contributed by atoms with Gasteiger partial charge in [0.25, 0.3) is 0 Å². The van der Waals surface area contributed by atoms with E-state index in [0.29, 0.717) is 0 Å². The molecule has 0 heterocycles. The third kappa shape index (κ3) is 2.19. The first-order chi connectivity index (χ1) is 8.50. The Hall–Kier alpha value is -1.94. The minimum absolute atomic E-state index is 0.0481. The molecular weight excluding hydrogens is 260 g/mol. The van der Waals surface area contributed by atoms with Crippen molar-refractivity contribution in [2.75, 3.05) is 5.73 Å². The van der Waals surface area contributed by atoms with Crippen molar-refractivity contribution >= 4 is 23.1 Å². The minimum atomic E-state index is -0.805. The number of halogens is 3. The van der Waals surface area contributed by atoms with Gasteiger partial charge in [-0.3, -0.25) is 4.79 Å². The van der Waals surface area contributed by atoms with E-state index in [1.54, 1.807) is 0 Å². The number of anilines is 1. The first kappa shape index (κ1) is 12.5. The fraction of sp³-hybridized carbons (Fsp3) is 0. The zero-order valence-corrected chi connectivity index (χ0v) is 9.84. The summed E-state index contributed by atoms with van der Waals surface area (Å²) in [7, 11) is 0. The number of hydrogen-bond donors (Lipinski definition) is 1. The summed E-state index contributed by atoms with van der Waals surface area (Å²) in [6, 6.07) is 7.10. The Labute approximate surface area is 107 Å². The predicted octanol–water partition coefficient (Wildman–Crippen LogP) is 3.43. The van der Waals surface area contributed by atoms with Crippen LogP contribution in [0.5, 0.6) is 0 Å². The summed E-state index contributed by atoms with van der Waals surface area (Å²) in [5.41, 5.74) is 5.37. The van der Waals surface area contributed by atoms with Crippen molar-refractivity contribution in [2.24, 2.45) is 0 Å². The molecule has 92 valence electrons. The molecule has 0 saturated heterocycles. The second-order valence-corrected chi connectivity index (χ2v) is 4.06. The number of nitrogens with two attached hydrogens (primary N) is 1. The van der Waals surface area contributed by atoms with Crippen molar-refractivity contribution in [2.45, 2.75) is 0 Å². The van der Waals surface area contributed by atoms with Gasteiger partial charge in [0, 0.05) is 5.56 Å². The van der Waals surface area contributed by atoms with Crippen molar-refractivity contribution in [1.29, 1.82) is 0 Å². The summed E-state index contributed by atoms with van der Waals surface area (Å²) in [6.07, 6.45) is 0. The van der Waals surface area contributed by atoms with Gasteiger partial charge in [0.2, 0.25) is 0 Å². The van der Waals surface area contributed by atoms with Crippen molar-refractivity contribution in [3.05, 3.63) is 64.2 Å². The zero-order chi connectivity index (χ0) is 13.3. The van der Waals surface area contributed by atoms with Crippen LogP contribution >= 0.6 is 11.6 Å². The molecule has 0 bridgehead atoms. The molecule has 0 fully saturated rings. The number of rotatable bonds is 2. The minimum Gasteiger partial charge on any atom is -0.397 e. The molecule has 0 radical (unpaired) electrons. The van der Waals surface area contributed by atoms with E-state index in [0.717, 1.165) is 18.2 Å². The molecule has 2 aromatic rings. The van der Waals surface area contributed by atoms with Crippen LogP contribution in [0.3, 0.4) is 0 Å². The monoisotopic (exact) mass is 267 g/mol. The molecule has 0 aliphatic heterocycles. The molecule has 2 N–H and O–H groups in total. The van der Waals surface area contributed by atoms with Crippen LogP contribution in [-0.2, 0) is 0 Å². The second-order valence-electron chi connectivity index (χ2n) is 3.65. The van der Waals surface area contributed by atoms with E-state index in [9.17, 15) is 13.6 Å². The summed E-state index contributed by atoms with van der Waals surface area (Å²) >= 11 is 5.77. The summed E-state index contributed by atoms with van der Waals surface area (Å²) in [5.74, 6) is -2.20. The molecule has 2 rings (SSSR count). The maximum absolute atomic E-state index is 13.5. The lowest BCUT2D eigenvalue weighted by molar-refractivity contribution is 0.103. The summed E-state index contributed by atoms with van der Waals surface area (Å²) in [4.78, 5) is 12.0. The Morgan fingerprint density at radius 1 is 1.11 bits per heavy atom. The van der Waals surface area contributed by atoms with Gasteiger partial charge in [-0.25, -0.2) is 8.78 Å². The summed E-state index contributed by atoms with van der Waals surface area (Å²) < 4.78 is 26.5. The van der Waals surface area contributed by atoms with E-state index >= 15 is 0 Å². The molecule has 0 aliphatic carbocycles. The smallest absolute Gasteiger partial charge is 0.198 e. The standard InChI is InChI=1S/C13H8ClF2NO/c14-10-3-1-2-8(12(10)17)13(18)9-6-7(15)4-5-11(9)16/h1-6H,17H2. The van der Waals surface area contributed by atoms with Gasteiger partial charge in [0.15, 0.2) is 5.78 Å². The van der Waals surface area contributed by atoms with Crippen molar-refractivity contribution < 1.29 is 13.6 Å². The quantitative estimate of drug-likeness (QED) is 0.669. The van der Waals surface area contributed by atoms with Gasteiger partial charge < -0.3 is 5.73 Å². The molecule has 18 heavy (non-hydrogen) atoms. The number of carbonyl (C=O) groups is 1. The van der Waals surface area contributed by atoms with E-state index in [1.807, 2.05) is 0 Å². The third-order valence-corrected chi connectivity index (χ3v) is 2.80. The van der Waals surface area contributed by atoms with E-state index in [1.165, 1.54) is 18.2 Å². The lowest BCUT2D eigenvalue weighted by Gasteiger charge is -2.07. The van der Waals surface area contributed by atoms with Gasteiger partial charge in [-0.05, 0) is 30.3 Å². The molecule has 0 spiro atoms. The molecule has 2 nitrogen and oxygen atoms in total. The first-order valence-electron chi connectivity index (χ1n) is 5.04. The molecule has 2 aromatic carbocycles. The van der Waals surface area contributed by atoms with Gasteiger partial charge >= 0.3 is 0 Å². The Balaban J connectivity index is 2.55. The highest BCUT2D eigenvalue weighted by atomic mass is 35.5. The fourth-order valence-corrected chi connectivity index (χ4v) is 1.73. The topological polar surface area (TPSA) is 43.1 Å². The Morgan fingerprint density at radius 2 is 1.83 bits per heavy atom. The fourth-order valence-electron chi connectivity index (χ4n) is 1.55. The summed E-state index contributed by atoms with van der Waals surface area (Å²) in [5, 5.41) is 0.192. The third-order valence-electron chi connectivity index (χ3n) is 2.47. The second kappa shape index (κ2) is 4.74. The molecule has 0 aliphatic rings. The molecular formula is C13H8ClF2NO. The summed E-state index contributed by atoms with van der Waals surface area (Å²) in [6.45, 7) is 0. The highest BCUT2D eigenvalue weighted by Crippen LogP contribution is 2.25. The highest BCUT2D eigenvalue weighted by Gasteiger charge is 2.18. The first-order valence-corrected chi connectivity index (χ1v) is 5.42. The predicted molar refractivity (Wildman–Crippen MR) is 65.7 cm³/mol.